The van der Waals surface area contributed by atoms with Crippen LogP contribution in [0.25, 0.3) is 0 Å². The van der Waals surface area contributed by atoms with Crippen molar-refractivity contribution in [3.63, 3.8) is 0 Å². The van der Waals surface area contributed by atoms with Crippen molar-refractivity contribution in [1.29, 1.82) is 0 Å². The van der Waals surface area contributed by atoms with E-state index in [1.807, 2.05) is 0 Å². The molecule has 0 atom stereocenters. The lowest BCUT2D eigenvalue weighted by Crippen LogP contribution is -2.44. The number of carbonyl (C=O) groups is 1. The van der Waals surface area contributed by atoms with Gasteiger partial charge in [-0.2, -0.15) is 0 Å². The van der Waals surface area contributed by atoms with Gasteiger partial charge in [0.25, 0.3) is 5.91 Å². The third kappa shape index (κ3) is 3.44. The summed E-state index contributed by atoms with van der Waals surface area (Å²) in [6.07, 6.45) is 3.42. The van der Waals surface area contributed by atoms with Crippen LogP contribution in [0.1, 0.15) is 44.0 Å². The molecular formula is C13H21N3O. The van der Waals surface area contributed by atoms with Crippen LogP contribution in [0.15, 0.2) is 18.3 Å². The van der Waals surface area contributed by atoms with Crippen LogP contribution in [0.5, 0.6) is 0 Å². The Hall–Kier alpha value is -1.58. The Morgan fingerprint density at radius 1 is 1.35 bits per heavy atom. The minimum atomic E-state index is -0.140. The van der Waals surface area contributed by atoms with Crippen molar-refractivity contribution in [3.8, 4) is 0 Å². The first kappa shape index (κ1) is 13.5. The number of anilines is 1. The van der Waals surface area contributed by atoms with Gasteiger partial charge in [0.05, 0.1) is 5.56 Å². The lowest BCUT2D eigenvalue weighted by molar-refractivity contribution is 0.0900. The van der Waals surface area contributed by atoms with Gasteiger partial charge >= 0.3 is 0 Å². The SMILES string of the molecule is CCC(C)(CC)NC(=O)c1ccc(NC)nc1. The van der Waals surface area contributed by atoms with E-state index in [0.717, 1.165) is 18.7 Å². The van der Waals surface area contributed by atoms with Gasteiger partial charge in [-0.3, -0.25) is 4.79 Å². The number of rotatable bonds is 5. The predicted octanol–water partition coefficient (Wildman–Crippen LogP) is 2.43. The average Bonchev–Trinajstić information content (AvgIpc) is 2.38. The van der Waals surface area contributed by atoms with Crippen LogP contribution in [-0.4, -0.2) is 23.5 Å². The molecule has 17 heavy (non-hydrogen) atoms. The highest BCUT2D eigenvalue weighted by Gasteiger charge is 2.22. The Labute approximate surface area is 103 Å². The van der Waals surface area contributed by atoms with Gasteiger partial charge in [-0.15, -0.1) is 0 Å². The Kier molecular flexibility index (Phi) is 4.49. The van der Waals surface area contributed by atoms with Crippen LogP contribution in [0, 0.1) is 0 Å². The molecule has 0 aromatic carbocycles. The summed E-state index contributed by atoms with van der Waals surface area (Å²) in [7, 11) is 1.80. The van der Waals surface area contributed by atoms with E-state index in [1.165, 1.54) is 0 Å². The van der Waals surface area contributed by atoms with E-state index in [0.29, 0.717) is 5.56 Å². The molecule has 0 radical (unpaired) electrons. The van der Waals surface area contributed by atoms with Gasteiger partial charge in [-0.05, 0) is 31.9 Å². The molecule has 0 unspecified atom stereocenters. The molecule has 0 spiro atoms. The van der Waals surface area contributed by atoms with E-state index < -0.39 is 0 Å². The van der Waals surface area contributed by atoms with Gasteiger partial charge in [0.1, 0.15) is 5.82 Å². The fourth-order valence-electron chi connectivity index (χ4n) is 1.45. The number of aromatic nitrogens is 1. The normalized spacial score (nSPS) is 11.1. The predicted molar refractivity (Wildman–Crippen MR) is 70.2 cm³/mol. The summed E-state index contributed by atoms with van der Waals surface area (Å²) >= 11 is 0. The first-order valence-corrected chi connectivity index (χ1v) is 6.01. The van der Waals surface area contributed by atoms with Crippen molar-refractivity contribution in [2.75, 3.05) is 12.4 Å². The van der Waals surface area contributed by atoms with E-state index in [1.54, 1.807) is 25.4 Å². The fourth-order valence-corrected chi connectivity index (χ4v) is 1.45. The van der Waals surface area contributed by atoms with Crippen molar-refractivity contribution in [2.45, 2.75) is 39.2 Å². The van der Waals surface area contributed by atoms with E-state index in [-0.39, 0.29) is 11.4 Å². The molecule has 1 amide bonds. The lowest BCUT2D eigenvalue weighted by atomic mass is 9.95. The highest BCUT2D eigenvalue weighted by Crippen LogP contribution is 2.15. The number of hydrogen-bond acceptors (Lipinski definition) is 3. The smallest absolute Gasteiger partial charge is 0.253 e. The quantitative estimate of drug-likeness (QED) is 0.824. The molecule has 0 aliphatic carbocycles. The van der Waals surface area contributed by atoms with Crippen molar-refractivity contribution in [3.05, 3.63) is 23.9 Å². The summed E-state index contributed by atoms with van der Waals surface area (Å²) < 4.78 is 0. The van der Waals surface area contributed by atoms with Gasteiger partial charge in [-0.25, -0.2) is 4.98 Å². The highest BCUT2D eigenvalue weighted by atomic mass is 16.1. The summed E-state index contributed by atoms with van der Waals surface area (Å²) in [5.41, 5.74) is 0.454. The molecule has 0 saturated carbocycles. The maximum atomic E-state index is 12.0. The molecular weight excluding hydrogens is 214 g/mol. The van der Waals surface area contributed by atoms with Crippen LogP contribution in [0.2, 0.25) is 0 Å². The second-order valence-electron chi connectivity index (χ2n) is 4.40. The van der Waals surface area contributed by atoms with Crippen molar-refractivity contribution < 1.29 is 4.79 Å². The molecule has 0 saturated heterocycles. The first-order valence-electron chi connectivity index (χ1n) is 6.01. The molecule has 0 fully saturated rings. The number of nitrogens with one attached hydrogen (secondary N) is 2. The summed E-state index contributed by atoms with van der Waals surface area (Å²) in [4.78, 5) is 16.1. The Morgan fingerprint density at radius 2 is 2.00 bits per heavy atom. The molecule has 0 aliphatic heterocycles. The van der Waals surface area contributed by atoms with Crippen LogP contribution >= 0.6 is 0 Å². The summed E-state index contributed by atoms with van der Waals surface area (Å²) in [6, 6.07) is 3.57. The van der Waals surface area contributed by atoms with Gasteiger partial charge in [0, 0.05) is 18.8 Å². The fraction of sp³-hybridized carbons (Fsp3) is 0.538. The van der Waals surface area contributed by atoms with Crippen molar-refractivity contribution >= 4 is 11.7 Å². The van der Waals surface area contributed by atoms with Gasteiger partial charge in [-0.1, -0.05) is 13.8 Å². The molecule has 0 aliphatic rings. The maximum absolute atomic E-state index is 12.0. The average molecular weight is 235 g/mol. The Bertz CT molecular complexity index is 369. The standard InChI is InChI=1S/C13H21N3O/c1-5-13(3,6-2)16-12(17)10-7-8-11(14-4)15-9-10/h7-9H,5-6H2,1-4H3,(H,14,15)(H,16,17). The molecule has 1 rings (SSSR count). The minimum Gasteiger partial charge on any atom is -0.373 e. The van der Waals surface area contributed by atoms with E-state index in [2.05, 4.69) is 36.4 Å². The second kappa shape index (κ2) is 5.66. The third-order valence-electron chi connectivity index (χ3n) is 3.26. The van der Waals surface area contributed by atoms with Crippen LogP contribution < -0.4 is 10.6 Å². The zero-order valence-electron chi connectivity index (χ0n) is 11.0. The Morgan fingerprint density at radius 3 is 2.41 bits per heavy atom. The number of hydrogen-bond donors (Lipinski definition) is 2. The molecule has 4 nitrogen and oxygen atoms in total. The molecule has 94 valence electrons. The van der Waals surface area contributed by atoms with Crippen molar-refractivity contribution in [1.82, 2.24) is 10.3 Å². The summed E-state index contributed by atoms with van der Waals surface area (Å²) in [5, 5.41) is 5.97. The molecule has 4 heteroatoms. The van der Waals surface area contributed by atoms with Gasteiger partial charge in [0.2, 0.25) is 0 Å². The Balaban J connectivity index is 2.75. The molecule has 2 N–H and O–H groups in total. The largest absolute Gasteiger partial charge is 0.373 e. The zero-order valence-corrected chi connectivity index (χ0v) is 11.0. The maximum Gasteiger partial charge on any atom is 0.253 e. The number of nitrogens with zero attached hydrogens (tertiary/aromatic N) is 1. The summed E-state index contributed by atoms with van der Waals surface area (Å²) in [5.74, 6) is 0.696. The molecule has 1 heterocycles. The second-order valence-corrected chi connectivity index (χ2v) is 4.40. The molecule has 0 bridgehead atoms. The first-order chi connectivity index (χ1) is 8.04. The van der Waals surface area contributed by atoms with E-state index >= 15 is 0 Å². The topological polar surface area (TPSA) is 54.0 Å². The van der Waals surface area contributed by atoms with Crippen molar-refractivity contribution in [2.24, 2.45) is 0 Å². The zero-order chi connectivity index (χ0) is 12.9. The van der Waals surface area contributed by atoms with Gasteiger partial charge in [0.15, 0.2) is 0 Å². The molecule has 1 aromatic rings. The third-order valence-corrected chi connectivity index (χ3v) is 3.26. The van der Waals surface area contributed by atoms with Crippen LogP contribution in [0.4, 0.5) is 5.82 Å². The van der Waals surface area contributed by atoms with Crippen LogP contribution in [-0.2, 0) is 0 Å². The highest BCUT2D eigenvalue weighted by molar-refractivity contribution is 5.94. The minimum absolute atomic E-state index is 0.0636. The van der Waals surface area contributed by atoms with E-state index in [9.17, 15) is 4.79 Å². The van der Waals surface area contributed by atoms with Crippen LogP contribution in [0.3, 0.4) is 0 Å². The number of amides is 1. The number of pyridine rings is 1. The summed E-state index contributed by atoms with van der Waals surface area (Å²) in [6.45, 7) is 6.21. The van der Waals surface area contributed by atoms with E-state index in [4.69, 9.17) is 0 Å². The van der Waals surface area contributed by atoms with Gasteiger partial charge < -0.3 is 10.6 Å². The number of carbonyl (C=O) groups excluding carboxylic acids is 1. The lowest BCUT2D eigenvalue weighted by Gasteiger charge is -2.28. The monoisotopic (exact) mass is 235 g/mol. The molecule has 1 aromatic heterocycles.